The number of aryl methyl sites for hydroxylation is 1. The van der Waals surface area contributed by atoms with Crippen molar-refractivity contribution in [2.24, 2.45) is 5.92 Å². The van der Waals surface area contributed by atoms with E-state index < -0.39 is 0 Å². The molecule has 2 aromatic rings. The van der Waals surface area contributed by atoms with Gasteiger partial charge in [0.15, 0.2) is 5.78 Å². The molecule has 1 fully saturated rings. The van der Waals surface area contributed by atoms with Gasteiger partial charge in [-0.25, -0.2) is 0 Å². The van der Waals surface area contributed by atoms with Crippen LogP contribution < -0.4 is 0 Å². The summed E-state index contributed by atoms with van der Waals surface area (Å²) in [6.45, 7) is 4.54. The van der Waals surface area contributed by atoms with E-state index in [4.69, 9.17) is 11.6 Å². The quantitative estimate of drug-likeness (QED) is 0.825. The third-order valence-corrected chi connectivity index (χ3v) is 5.71. The zero-order chi connectivity index (χ0) is 16.4. The molecule has 23 heavy (non-hydrogen) atoms. The van der Waals surface area contributed by atoms with Crippen LogP contribution in [0.1, 0.15) is 33.6 Å². The Morgan fingerprint density at radius 2 is 2.26 bits per heavy atom. The number of aromatic hydroxyl groups is 1. The largest absolute Gasteiger partial charge is 0.506 e. The number of carbonyl (C=O) groups excluding carboxylic acids is 1. The van der Waals surface area contributed by atoms with E-state index in [9.17, 15) is 9.90 Å². The number of thiophene rings is 1. The van der Waals surface area contributed by atoms with Crippen molar-refractivity contribution >= 4 is 28.7 Å². The number of carbonyl (C=O) groups is 1. The molecular weight excluding hydrogens is 330 g/mol. The van der Waals surface area contributed by atoms with Gasteiger partial charge in [0, 0.05) is 19.0 Å². The topological polar surface area (TPSA) is 40.5 Å². The van der Waals surface area contributed by atoms with Crippen molar-refractivity contribution in [1.29, 1.82) is 0 Å². The van der Waals surface area contributed by atoms with Gasteiger partial charge in [0.1, 0.15) is 5.75 Å². The molecule has 1 N–H and O–H groups in total. The second kappa shape index (κ2) is 7.04. The maximum Gasteiger partial charge on any atom is 0.177 e. The molecule has 0 bridgehead atoms. The number of Topliss-reactive ketones (excluding diaryl/α,β-unsaturated/α-hetero) is 1. The number of likely N-dealkylation sites (tertiary alicyclic amines) is 1. The van der Waals surface area contributed by atoms with Crippen molar-refractivity contribution in [3.63, 3.8) is 0 Å². The molecule has 1 aromatic carbocycles. The third-order valence-electron chi connectivity index (χ3n) is 4.38. The Bertz CT molecular complexity index is 713. The minimum atomic E-state index is 0.0775. The van der Waals surface area contributed by atoms with Crippen LogP contribution in [-0.4, -0.2) is 28.9 Å². The molecule has 1 atom stereocenters. The lowest BCUT2D eigenvalue weighted by Crippen LogP contribution is -2.38. The first kappa shape index (κ1) is 16.5. The summed E-state index contributed by atoms with van der Waals surface area (Å²) < 4.78 is 0. The van der Waals surface area contributed by atoms with Gasteiger partial charge in [-0.2, -0.15) is 0 Å². The van der Waals surface area contributed by atoms with Crippen molar-refractivity contribution in [2.45, 2.75) is 26.3 Å². The average Bonchev–Trinajstić information content (AvgIpc) is 2.96. The van der Waals surface area contributed by atoms with Crippen LogP contribution in [0.4, 0.5) is 0 Å². The molecule has 2 heterocycles. The third kappa shape index (κ3) is 3.77. The van der Waals surface area contributed by atoms with Crippen molar-refractivity contribution in [2.75, 3.05) is 13.1 Å². The van der Waals surface area contributed by atoms with E-state index in [0.717, 1.165) is 48.5 Å². The van der Waals surface area contributed by atoms with Crippen LogP contribution in [0.5, 0.6) is 5.75 Å². The van der Waals surface area contributed by atoms with Crippen LogP contribution in [-0.2, 0) is 6.54 Å². The fourth-order valence-corrected chi connectivity index (χ4v) is 4.28. The Morgan fingerprint density at radius 3 is 2.96 bits per heavy atom. The zero-order valence-corrected chi connectivity index (χ0v) is 14.7. The molecule has 0 saturated carbocycles. The molecule has 5 heteroatoms. The van der Waals surface area contributed by atoms with Crippen molar-refractivity contribution in [3.8, 4) is 5.75 Å². The standard InChI is InChI=1S/C18H20ClNO2S/c1-12-6-8-23-18(12)17(22)14-3-2-7-20(11-14)10-13-4-5-16(21)15(19)9-13/h4-6,8-9,14,21H,2-3,7,10-11H2,1H3. The van der Waals surface area contributed by atoms with Crippen molar-refractivity contribution < 1.29 is 9.90 Å². The zero-order valence-electron chi connectivity index (χ0n) is 13.1. The van der Waals surface area contributed by atoms with Crippen LogP contribution >= 0.6 is 22.9 Å². The highest BCUT2D eigenvalue weighted by atomic mass is 35.5. The first-order chi connectivity index (χ1) is 11.0. The molecule has 0 amide bonds. The van der Waals surface area contributed by atoms with Gasteiger partial charge in [-0.1, -0.05) is 17.7 Å². The lowest BCUT2D eigenvalue weighted by molar-refractivity contribution is 0.0815. The maximum absolute atomic E-state index is 12.7. The van der Waals surface area contributed by atoms with E-state index >= 15 is 0 Å². The van der Waals surface area contributed by atoms with E-state index in [1.165, 1.54) is 0 Å². The molecule has 3 rings (SSSR count). The lowest BCUT2D eigenvalue weighted by atomic mass is 9.92. The van der Waals surface area contributed by atoms with Gasteiger partial charge in [0.2, 0.25) is 0 Å². The Hall–Kier alpha value is -1.36. The highest BCUT2D eigenvalue weighted by molar-refractivity contribution is 7.12. The average molecular weight is 350 g/mol. The molecular formula is C18H20ClNO2S. The summed E-state index contributed by atoms with van der Waals surface area (Å²) in [6, 6.07) is 7.32. The van der Waals surface area contributed by atoms with Crippen molar-refractivity contribution in [1.82, 2.24) is 4.90 Å². The van der Waals surface area contributed by atoms with Crippen LogP contribution in [0.25, 0.3) is 0 Å². The summed E-state index contributed by atoms with van der Waals surface area (Å²) in [4.78, 5) is 15.9. The SMILES string of the molecule is Cc1ccsc1C(=O)C1CCCN(Cc2ccc(O)c(Cl)c2)C1. The Morgan fingerprint density at radius 1 is 1.43 bits per heavy atom. The van der Waals surface area contributed by atoms with E-state index in [1.54, 1.807) is 23.5 Å². The van der Waals surface area contributed by atoms with Gasteiger partial charge in [-0.15, -0.1) is 11.3 Å². The number of hydrogen-bond acceptors (Lipinski definition) is 4. The van der Waals surface area contributed by atoms with Crippen LogP contribution in [0, 0.1) is 12.8 Å². The Balaban J connectivity index is 1.67. The van der Waals surface area contributed by atoms with Crippen LogP contribution in [0.15, 0.2) is 29.6 Å². The predicted molar refractivity (Wildman–Crippen MR) is 94.5 cm³/mol. The summed E-state index contributed by atoms with van der Waals surface area (Å²) in [5.41, 5.74) is 2.15. The molecule has 1 aliphatic rings. The molecule has 3 nitrogen and oxygen atoms in total. The summed E-state index contributed by atoms with van der Waals surface area (Å²) in [6.07, 6.45) is 2.00. The second-order valence-corrected chi connectivity index (χ2v) is 7.48. The van der Waals surface area contributed by atoms with E-state index in [0.29, 0.717) is 5.02 Å². The number of halogens is 1. The van der Waals surface area contributed by atoms with Crippen molar-refractivity contribution in [3.05, 3.63) is 50.7 Å². The second-order valence-electron chi connectivity index (χ2n) is 6.16. The highest BCUT2D eigenvalue weighted by Crippen LogP contribution is 2.28. The summed E-state index contributed by atoms with van der Waals surface area (Å²) in [7, 11) is 0. The fourth-order valence-electron chi connectivity index (χ4n) is 3.13. The van der Waals surface area contributed by atoms with Gasteiger partial charge >= 0.3 is 0 Å². The number of hydrogen-bond donors (Lipinski definition) is 1. The number of nitrogens with zero attached hydrogens (tertiary/aromatic N) is 1. The van der Waals surface area contributed by atoms with E-state index in [-0.39, 0.29) is 17.5 Å². The number of benzene rings is 1. The monoisotopic (exact) mass is 349 g/mol. The summed E-state index contributed by atoms with van der Waals surface area (Å²) in [5.74, 6) is 0.468. The normalized spacial score (nSPS) is 19.0. The minimum absolute atomic E-state index is 0.0775. The number of rotatable bonds is 4. The molecule has 0 spiro atoms. The molecule has 1 aliphatic heterocycles. The molecule has 1 saturated heterocycles. The summed E-state index contributed by atoms with van der Waals surface area (Å²) in [5, 5.41) is 11.9. The van der Waals surface area contributed by atoms with Gasteiger partial charge in [-0.05, 0) is 61.0 Å². The molecule has 1 unspecified atom stereocenters. The number of phenolic OH excluding ortho intramolecular Hbond substituents is 1. The van der Waals surface area contributed by atoms with E-state index in [1.807, 2.05) is 24.4 Å². The smallest absolute Gasteiger partial charge is 0.177 e. The number of phenols is 1. The Labute approximate surface area is 145 Å². The molecule has 0 aliphatic carbocycles. The fraction of sp³-hybridized carbons (Fsp3) is 0.389. The lowest BCUT2D eigenvalue weighted by Gasteiger charge is -2.32. The van der Waals surface area contributed by atoms with Gasteiger partial charge in [-0.3, -0.25) is 9.69 Å². The molecule has 1 aromatic heterocycles. The van der Waals surface area contributed by atoms with Gasteiger partial charge in [0.05, 0.1) is 9.90 Å². The minimum Gasteiger partial charge on any atom is -0.506 e. The maximum atomic E-state index is 12.7. The number of ketones is 1. The number of piperidine rings is 1. The van der Waals surface area contributed by atoms with E-state index in [2.05, 4.69) is 4.90 Å². The van der Waals surface area contributed by atoms with Crippen LogP contribution in [0.2, 0.25) is 5.02 Å². The van der Waals surface area contributed by atoms with Gasteiger partial charge in [0.25, 0.3) is 0 Å². The highest BCUT2D eigenvalue weighted by Gasteiger charge is 2.28. The Kier molecular flexibility index (Phi) is 5.05. The summed E-state index contributed by atoms with van der Waals surface area (Å²) >= 11 is 7.52. The van der Waals surface area contributed by atoms with Gasteiger partial charge < -0.3 is 5.11 Å². The molecule has 122 valence electrons. The van der Waals surface area contributed by atoms with Crippen LogP contribution in [0.3, 0.4) is 0 Å². The first-order valence-corrected chi connectivity index (χ1v) is 9.08. The first-order valence-electron chi connectivity index (χ1n) is 7.82. The molecule has 0 radical (unpaired) electrons. The predicted octanol–water partition coefficient (Wildman–Crippen LogP) is 4.51.